The molecule has 0 saturated carbocycles. The fourth-order valence-corrected chi connectivity index (χ4v) is 1.79. The Kier molecular flexibility index (Phi) is 3.51. The molecule has 6 nitrogen and oxygen atoms in total. The minimum atomic E-state index is 0.197. The Balaban J connectivity index is 1.69. The Morgan fingerprint density at radius 1 is 1.19 bits per heavy atom. The third-order valence-electron chi connectivity index (χ3n) is 2.86. The molecule has 106 valence electrons. The third kappa shape index (κ3) is 3.17. The van der Waals surface area contributed by atoms with E-state index in [-0.39, 0.29) is 6.61 Å². The van der Waals surface area contributed by atoms with E-state index in [2.05, 4.69) is 15.1 Å². The molecule has 0 amide bonds. The molecule has 0 aliphatic rings. The molecular weight excluding hydrogens is 268 g/mol. The highest BCUT2D eigenvalue weighted by atomic mass is 16.5. The molecule has 0 atom stereocenters. The molecule has 0 unspecified atom stereocenters. The molecule has 2 heterocycles. The SMILES string of the molecule is Cc1ccnc(-c2noc(COc3ccc(N)cc3)n2)c1. The topological polar surface area (TPSA) is 87.1 Å². The van der Waals surface area contributed by atoms with E-state index in [4.69, 9.17) is 15.0 Å². The number of nitrogen functional groups attached to an aromatic ring is 1. The minimum absolute atomic E-state index is 0.197. The summed E-state index contributed by atoms with van der Waals surface area (Å²) in [7, 11) is 0. The Morgan fingerprint density at radius 3 is 2.76 bits per heavy atom. The number of nitrogens with zero attached hydrogens (tertiary/aromatic N) is 3. The zero-order valence-electron chi connectivity index (χ0n) is 11.5. The van der Waals surface area contributed by atoms with Gasteiger partial charge in [0, 0.05) is 11.9 Å². The van der Waals surface area contributed by atoms with Crippen molar-refractivity contribution in [1.82, 2.24) is 15.1 Å². The number of pyridine rings is 1. The smallest absolute Gasteiger partial charge is 0.264 e. The summed E-state index contributed by atoms with van der Waals surface area (Å²) in [5.41, 5.74) is 8.06. The van der Waals surface area contributed by atoms with Crippen molar-refractivity contribution >= 4 is 5.69 Å². The second-order valence-electron chi connectivity index (χ2n) is 4.59. The highest BCUT2D eigenvalue weighted by Gasteiger charge is 2.10. The van der Waals surface area contributed by atoms with E-state index in [1.54, 1.807) is 30.5 Å². The van der Waals surface area contributed by atoms with E-state index in [0.29, 0.717) is 28.8 Å². The van der Waals surface area contributed by atoms with Crippen molar-refractivity contribution in [2.75, 3.05) is 5.73 Å². The molecule has 2 aromatic heterocycles. The first kappa shape index (κ1) is 13.1. The molecule has 0 spiro atoms. The molecule has 0 aliphatic heterocycles. The van der Waals surface area contributed by atoms with Gasteiger partial charge in [0.2, 0.25) is 5.82 Å². The molecular formula is C15H14N4O2. The monoisotopic (exact) mass is 282 g/mol. The van der Waals surface area contributed by atoms with E-state index in [0.717, 1.165) is 5.56 Å². The zero-order chi connectivity index (χ0) is 14.7. The number of aromatic nitrogens is 3. The fourth-order valence-electron chi connectivity index (χ4n) is 1.79. The van der Waals surface area contributed by atoms with E-state index in [1.807, 2.05) is 19.1 Å². The number of hydrogen-bond donors (Lipinski definition) is 1. The van der Waals surface area contributed by atoms with Crippen LogP contribution < -0.4 is 10.5 Å². The Bertz CT molecular complexity index is 737. The van der Waals surface area contributed by atoms with Gasteiger partial charge in [0.1, 0.15) is 11.4 Å². The van der Waals surface area contributed by atoms with E-state index in [1.165, 1.54) is 0 Å². The van der Waals surface area contributed by atoms with Crippen LogP contribution in [-0.2, 0) is 6.61 Å². The standard InChI is InChI=1S/C15H14N4O2/c1-10-6-7-17-13(8-10)15-18-14(21-19-15)9-20-12-4-2-11(16)3-5-12/h2-8H,9,16H2,1H3. The molecule has 21 heavy (non-hydrogen) atoms. The average molecular weight is 282 g/mol. The van der Waals surface area contributed by atoms with Crippen molar-refractivity contribution in [2.24, 2.45) is 0 Å². The number of benzene rings is 1. The van der Waals surface area contributed by atoms with Gasteiger partial charge in [-0.25, -0.2) is 0 Å². The van der Waals surface area contributed by atoms with Crippen molar-refractivity contribution in [3.05, 3.63) is 54.0 Å². The second-order valence-corrected chi connectivity index (χ2v) is 4.59. The predicted octanol–water partition coefficient (Wildman–Crippen LogP) is 2.60. The van der Waals surface area contributed by atoms with Gasteiger partial charge in [-0.3, -0.25) is 4.98 Å². The summed E-state index contributed by atoms with van der Waals surface area (Å²) in [6, 6.07) is 10.9. The van der Waals surface area contributed by atoms with Crippen LogP contribution in [0.25, 0.3) is 11.5 Å². The van der Waals surface area contributed by atoms with Gasteiger partial charge in [0.15, 0.2) is 6.61 Å². The summed E-state index contributed by atoms with van der Waals surface area (Å²) in [5, 5.41) is 3.91. The fraction of sp³-hybridized carbons (Fsp3) is 0.133. The van der Waals surface area contributed by atoms with Crippen LogP contribution in [0.15, 0.2) is 47.1 Å². The van der Waals surface area contributed by atoms with Crippen molar-refractivity contribution in [3.63, 3.8) is 0 Å². The molecule has 0 radical (unpaired) electrons. The van der Waals surface area contributed by atoms with E-state index in [9.17, 15) is 0 Å². The first-order valence-corrected chi connectivity index (χ1v) is 6.45. The highest BCUT2D eigenvalue weighted by Crippen LogP contribution is 2.17. The summed E-state index contributed by atoms with van der Waals surface area (Å²) in [4.78, 5) is 8.48. The Hall–Kier alpha value is -2.89. The van der Waals surface area contributed by atoms with Crippen LogP contribution in [0, 0.1) is 6.92 Å². The summed E-state index contributed by atoms with van der Waals surface area (Å²) >= 11 is 0. The first-order chi connectivity index (χ1) is 10.2. The van der Waals surface area contributed by atoms with Gasteiger partial charge >= 0.3 is 0 Å². The summed E-state index contributed by atoms with van der Waals surface area (Å²) in [6.45, 7) is 2.18. The normalized spacial score (nSPS) is 10.5. The molecule has 2 N–H and O–H groups in total. The molecule has 3 aromatic rings. The lowest BCUT2D eigenvalue weighted by atomic mass is 10.2. The van der Waals surface area contributed by atoms with Crippen LogP contribution in [-0.4, -0.2) is 15.1 Å². The number of nitrogens with two attached hydrogens (primary N) is 1. The second kappa shape index (κ2) is 5.62. The molecule has 1 aromatic carbocycles. The zero-order valence-corrected chi connectivity index (χ0v) is 11.5. The molecule has 0 bridgehead atoms. The van der Waals surface area contributed by atoms with Crippen LogP contribution >= 0.6 is 0 Å². The van der Waals surface area contributed by atoms with Gasteiger partial charge in [0.05, 0.1) is 0 Å². The van der Waals surface area contributed by atoms with Gasteiger partial charge in [-0.2, -0.15) is 4.98 Å². The number of aryl methyl sites for hydroxylation is 1. The Morgan fingerprint density at radius 2 is 2.00 bits per heavy atom. The maximum Gasteiger partial charge on any atom is 0.264 e. The minimum Gasteiger partial charge on any atom is -0.484 e. The number of hydrogen-bond acceptors (Lipinski definition) is 6. The van der Waals surface area contributed by atoms with Crippen LogP contribution in [0.3, 0.4) is 0 Å². The summed E-state index contributed by atoms with van der Waals surface area (Å²) in [6.07, 6.45) is 1.71. The van der Waals surface area contributed by atoms with Gasteiger partial charge < -0.3 is 15.0 Å². The lowest BCUT2D eigenvalue weighted by molar-refractivity contribution is 0.243. The summed E-state index contributed by atoms with van der Waals surface area (Å²) in [5.74, 6) is 1.54. The van der Waals surface area contributed by atoms with Gasteiger partial charge in [-0.05, 0) is 48.9 Å². The molecule has 0 fully saturated rings. The molecule has 0 aliphatic carbocycles. The van der Waals surface area contributed by atoms with Gasteiger partial charge in [-0.15, -0.1) is 0 Å². The highest BCUT2D eigenvalue weighted by molar-refractivity contribution is 5.48. The van der Waals surface area contributed by atoms with Crippen LogP contribution in [0.4, 0.5) is 5.69 Å². The van der Waals surface area contributed by atoms with Gasteiger partial charge in [-0.1, -0.05) is 5.16 Å². The van der Waals surface area contributed by atoms with Crippen molar-refractivity contribution in [2.45, 2.75) is 13.5 Å². The van der Waals surface area contributed by atoms with E-state index >= 15 is 0 Å². The van der Waals surface area contributed by atoms with Crippen LogP contribution in [0.1, 0.15) is 11.5 Å². The quantitative estimate of drug-likeness (QED) is 0.740. The Labute approximate surface area is 121 Å². The number of rotatable bonds is 4. The molecule has 6 heteroatoms. The largest absolute Gasteiger partial charge is 0.484 e. The third-order valence-corrected chi connectivity index (χ3v) is 2.86. The van der Waals surface area contributed by atoms with E-state index < -0.39 is 0 Å². The van der Waals surface area contributed by atoms with Crippen molar-refractivity contribution in [3.8, 4) is 17.3 Å². The van der Waals surface area contributed by atoms with Crippen molar-refractivity contribution < 1.29 is 9.26 Å². The van der Waals surface area contributed by atoms with Crippen LogP contribution in [0.2, 0.25) is 0 Å². The first-order valence-electron chi connectivity index (χ1n) is 6.45. The lowest BCUT2D eigenvalue weighted by Gasteiger charge is -2.02. The maximum absolute atomic E-state index is 5.61. The predicted molar refractivity (Wildman–Crippen MR) is 77.5 cm³/mol. The average Bonchev–Trinajstić information content (AvgIpc) is 2.96. The summed E-state index contributed by atoms with van der Waals surface area (Å²) < 4.78 is 10.7. The van der Waals surface area contributed by atoms with Gasteiger partial charge in [0.25, 0.3) is 5.89 Å². The number of anilines is 1. The maximum atomic E-state index is 5.61. The van der Waals surface area contributed by atoms with Crippen LogP contribution in [0.5, 0.6) is 5.75 Å². The van der Waals surface area contributed by atoms with Crippen molar-refractivity contribution in [1.29, 1.82) is 0 Å². The molecule has 3 rings (SSSR count). The number of ether oxygens (including phenoxy) is 1. The lowest BCUT2D eigenvalue weighted by Crippen LogP contribution is -1.96. The molecule has 0 saturated heterocycles.